The van der Waals surface area contributed by atoms with Crippen molar-refractivity contribution in [2.45, 2.75) is 155 Å². The van der Waals surface area contributed by atoms with Gasteiger partial charge in [0.2, 0.25) is 0 Å². The summed E-state index contributed by atoms with van der Waals surface area (Å²) in [6.45, 7) is 34.0. The molecule has 12 heteroatoms. The van der Waals surface area contributed by atoms with Crippen LogP contribution in [0, 0.1) is 0 Å². The lowest BCUT2D eigenvalue weighted by Crippen LogP contribution is -2.41. The van der Waals surface area contributed by atoms with E-state index in [2.05, 4.69) is 372 Å². The lowest BCUT2D eigenvalue weighted by Gasteiger charge is -2.32. The van der Waals surface area contributed by atoms with Crippen LogP contribution >= 0.6 is 15.9 Å². The number of hydrogen-bond donors (Lipinski definition) is 0. The quantitative estimate of drug-likeness (QED) is 0.112. The largest absolute Gasteiger partial charge is 0.494 e. The van der Waals surface area contributed by atoms with Gasteiger partial charge in [-0.1, -0.05) is 250 Å². The summed E-state index contributed by atoms with van der Waals surface area (Å²) in [6.07, 6.45) is 0. The van der Waals surface area contributed by atoms with Gasteiger partial charge in [-0.2, -0.15) is 0 Å². The molecule has 0 spiro atoms. The van der Waals surface area contributed by atoms with E-state index in [1.54, 1.807) is 0 Å². The second-order valence-electron chi connectivity index (χ2n) is 33.4. The van der Waals surface area contributed by atoms with Gasteiger partial charge in [0.25, 0.3) is 0 Å². The maximum Gasteiger partial charge on any atom is 0.494 e. The van der Waals surface area contributed by atoms with Crippen molar-refractivity contribution in [2.75, 3.05) is 9.80 Å². The highest BCUT2D eigenvalue weighted by atomic mass is 79.9. The van der Waals surface area contributed by atoms with E-state index in [9.17, 15) is 0 Å². The molecule has 108 heavy (non-hydrogen) atoms. The summed E-state index contributed by atoms with van der Waals surface area (Å²) in [5, 5.41) is 0. The van der Waals surface area contributed by atoms with Gasteiger partial charge in [-0.25, -0.2) is 0 Å². The molecule has 0 unspecified atom stereocenters. The van der Waals surface area contributed by atoms with Crippen LogP contribution in [0.2, 0.25) is 0 Å². The molecule has 12 aromatic carbocycles. The molecule has 0 amide bonds. The van der Waals surface area contributed by atoms with Crippen LogP contribution in [-0.2, 0) is 38.8 Å². The SMILES string of the molecule is CC1(C)OB(B2OC(C)(C)C(C)(C)O2)OC1(C)C.CC1(C)c2ccccc2-c2ccc(N(c3ccc(-c4ccccc4)cc3)c3cccc(-c4cccc(B5OC(C)(C)C(C)(C)O5)c4)c3)cc21.CC1(C)c2ccccc2-c2ccc(N(c3ccc(-c4ccccc4)cc3)c3cccc(-c4cccc(Br)c4)c3)cc21. The van der Waals surface area contributed by atoms with Crippen LogP contribution in [0.25, 0.3) is 66.8 Å². The number of anilines is 6. The predicted octanol–water partition coefficient (Wildman–Crippen LogP) is 24.9. The van der Waals surface area contributed by atoms with Crippen LogP contribution in [0.5, 0.6) is 0 Å². The van der Waals surface area contributed by atoms with E-state index < -0.39 is 32.3 Å². The summed E-state index contributed by atoms with van der Waals surface area (Å²) >= 11 is 3.65. The molecule has 12 aromatic rings. The number of fused-ring (bicyclic) bond motifs is 6. The smallest absolute Gasteiger partial charge is 0.405 e. The maximum absolute atomic E-state index is 6.41. The number of halogens is 1. The molecule has 3 saturated heterocycles. The summed E-state index contributed by atoms with van der Waals surface area (Å²) in [6, 6.07) is 105. The fraction of sp³-hybridized carbons (Fsp3) is 0.250. The van der Waals surface area contributed by atoms with Crippen molar-refractivity contribution in [3.8, 4) is 66.8 Å². The Hall–Kier alpha value is -9.33. The highest BCUT2D eigenvalue weighted by molar-refractivity contribution is 9.10. The Kier molecular flexibility index (Phi) is 19.4. The van der Waals surface area contributed by atoms with Crippen molar-refractivity contribution in [3.63, 3.8) is 0 Å². The van der Waals surface area contributed by atoms with Crippen molar-refractivity contribution in [3.05, 3.63) is 318 Å². The fourth-order valence-electron chi connectivity index (χ4n) is 15.6. The van der Waals surface area contributed by atoms with E-state index in [1.807, 2.05) is 55.4 Å². The Balaban J connectivity index is 0.000000142. The van der Waals surface area contributed by atoms with Gasteiger partial charge in [-0.3, -0.25) is 0 Å². The molecule has 0 N–H and O–H groups in total. The third kappa shape index (κ3) is 14.0. The topological polar surface area (TPSA) is 61.9 Å². The molecule has 3 fully saturated rings. The first-order valence-electron chi connectivity index (χ1n) is 37.9. The van der Waals surface area contributed by atoms with E-state index in [4.69, 9.17) is 27.9 Å². The zero-order chi connectivity index (χ0) is 75.9. The first-order valence-corrected chi connectivity index (χ1v) is 38.7. The minimum Gasteiger partial charge on any atom is -0.405 e. The molecule has 0 aromatic heterocycles. The first kappa shape index (κ1) is 74.2. The minimum absolute atomic E-state index is 0.0665. The number of rotatable bonds is 12. The summed E-state index contributed by atoms with van der Waals surface area (Å²) in [5.74, 6) is 0. The highest BCUT2D eigenvalue weighted by Gasteiger charge is 2.64. The molecule has 2 aliphatic carbocycles. The summed E-state index contributed by atoms with van der Waals surface area (Å²) in [5.41, 5.74) is 25.7. The fourth-order valence-corrected chi connectivity index (χ4v) is 16.0. The first-order chi connectivity index (χ1) is 51.4. The maximum atomic E-state index is 6.41. The molecule has 0 bridgehead atoms. The van der Waals surface area contributed by atoms with Gasteiger partial charge in [-0.15, -0.1) is 0 Å². The van der Waals surface area contributed by atoms with Crippen molar-refractivity contribution in [1.82, 2.24) is 0 Å². The lowest BCUT2D eigenvalue weighted by molar-refractivity contribution is 0.00578. The second-order valence-corrected chi connectivity index (χ2v) is 34.3. The standard InChI is InChI=1S/C45H42BNO2.C39H30BrN.C12H24B2O4/c1-43(2)41-21-11-10-20-39(41)40-27-26-38(30-42(40)43)47(36-24-22-32(23-25-36)31-14-8-7-9-15-31)37-19-13-17-34(29-37)33-16-12-18-35(28-33)46-48-44(3,4)45(5,6)49-46;1-39(2)37-17-7-6-16-35(37)36-23-22-34(26-38(36)39)41(32-20-18-28(19-21-32)27-10-4-3-5-11-27)33-15-9-13-30(25-33)29-12-8-14-31(40)24-29;1-9(2)10(3,4)16-13(15-9)14-17-11(5,6)12(7,8)18-14/h7-30H,1-6H3;3-26H,1-2H3;1-8H3. The number of nitrogens with zero attached hydrogens (tertiary/aromatic N) is 2. The normalized spacial score (nSPS) is 17.8. The van der Waals surface area contributed by atoms with Crippen molar-refractivity contribution < 1.29 is 27.9 Å². The Morgan fingerprint density at radius 1 is 0.231 bits per heavy atom. The second kappa shape index (κ2) is 28.3. The molecule has 3 heterocycles. The van der Waals surface area contributed by atoms with Crippen LogP contribution in [-0.4, -0.2) is 54.7 Å². The van der Waals surface area contributed by atoms with Gasteiger partial charge in [0.15, 0.2) is 0 Å². The molecule has 0 atom stereocenters. The summed E-state index contributed by atoms with van der Waals surface area (Å²) in [7, 11) is -1.36. The van der Waals surface area contributed by atoms with E-state index in [0.29, 0.717) is 0 Å². The van der Waals surface area contributed by atoms with Crippen molar-refractivity contribution in [1.29, 1.82) is 0 Å². The van der Waals surface area contributed by atoms with Crippen LogP contribution < -0.4 is 15.3 Å². The molecule has 3 aliphatic heterocycles. The van der Waals surface area contributed by atoms with E-state index in [1.165, 1.54) is 77.9 Å². The summed E-state index contributed by atoms with van der Waals surface area (Å²) in [4.78, 5) is 4.77. The van der Waals surface area contributed by atoms with Crippen molar-refractivity contribution in [2.24, 2.45) is 0 Å². The van der Waals surface area contributed by atoms with Crippen LogP contribution in [0.3, 0.4) is 0 Å². The van der Waals surface area contributed by atoms with Gasteiger partial charge in [0.1, 0.15) is 0 Å². The van der Waals surface area contributed by atoms with Crippen LogP contribution in [0.4, 0.5) is 34.1 Å². The molecule has 5 aliphatic rings. The Labute approximate surface area is 650 Å². The van der Waals surface area contributed by atoms with E-state index >= 15 is 0 Å². The molecule has 17 rings (SSSR count). The summed E-state index contributed by atoms with van der Waals surface area (Å²) < 4.78 is 37.7. The average molecular weight is 1490 g/mol. The van der Waals surface area contributed by atoms with E-state index in [0.717, 1.165) is 55.2 Å². The number of benzene rings is 12. The van der Waals surface area contributed by atoms with Crippen molar-refractivity contribution >= 4 is 76.7 Å². The molecule has 542 valence electrons. The lowest BCUT2D eigenvalue weighted by atomic mass is 9.49. The Bertz CT molecular complexity index is 5230. The number of hydrogen-bond acceptors (Lipinski definition) is 8. The minimum atomic E-state index is -0.476. The Morgan fingerprint density at radius 3 is 0.926 bits per heavy atom. The van der Waals surface area contributed by atoms with Gasteiger partial charge in [-0.05, 0) is 262 Å². The van der Waals surface area contributed by atoms with Gasteiger partial charge >= 0.3 is 21.1 Å². The van der Waals surface area contributed by atoms with Gasteiger partial charge in [0.05, 0.1) is 33.6 Å². The zero-order valence-corrected chi connectivity index (χ0v) is 66.8. The third-order valence-corrected chi connectivity index (χ3v) is 24.5. The molecular weight excluding hydrogens is 1390 g/mol. The monoisotopic (exact) mass is 1480 g/mol. The van der Waals surface area contributed by atoms with Crippen LogP contribution in [0.1, 0.15) is 133 Å². The predicted molar refractivity (Wildman–Crippen MR) is 455 cm³/mol. The Morgan fingerprint density at radius 2 is 0.528 bits per heavy atom. The molecule has 8 nitrogen and oxygen atoms in total. The molecular formula is C96H96B3BrN2O6. The third-order valence-electron chi connectivity index (χ3n) is 24.0. The molecule has 0 saturated carbocycles. The average Bonchev–Trinajstić information content (AvgIpc) is 1.58. The zero-order valence-electron chi connectivity index (χ0n) is 65.2. The van der Waals surface area contributed by atoms with Crippen LogP contribution in [0.15, 0.2) is 296 Å². The highest BCUT2D eigenvalue weighted by Crippen LogP contribution is 2.54. The van der Waals surface area contributed by atoms with E-state index in [-0.39, 0.29) is 33.2 Å². The van der Waals surface area contributed by atoms with Gasteiger partial charge in [0, 0.05) is 49.4 Å². The van der Waals surface area contributed by atoms with Gasteiger partial charge < -0.3 is 37.7 Å². The molecule has 0 radical (unpaired) electrons.